The maximum atomic E-state index is 5.52. The Morgan fingerprint density at radius 2 is 1.88 bits per heavy atom. The average Bonchev–Trinajstić information content (AvgIpc) is 2.56. The number of nitrogens with zero attached hydrogens (tertiary/aromatic N) is 2. The Kier molecular flexibility index (Phi) is 14.0. The minimum Gasteiger partial charge on any atom is -0.382 e. The molecule has 0 saturated carbocycles. The van der Waals surface area contributed by atoms with Crippen LogP contribution in [0.15, 0.2) is 4.99 Å². The minimum atomic E-state index is 0. The predicted molar refractivity (Wildman–Crippen MR) is 112 cm³/mol. The fraction of sp³-hybridized carbons (Fsp3) is 0.941. The molecule has 0 spiro atoms. The molecule has 6 nitrogen and oxygen atoms in total. The fourth-order valence-electron chi connectivity index (χ4n) is 2.75. The number of likely N-dealkylation sites (N-methyl/N-ethyl adjacent to an activating group) is 1. The van der Waals surface area contributed by atoms with E-state index >= 15 is 0 Å². The van der Waals surface area contributed by atoms with E-state index in [2.05, 4.69) is 36.6 Å². The first-order valence-electron chi connectivity index (χ1n) is 8.99. The van der Waals surface area contributed by atoms with Gasteiger partial charge in [0.2, 0.25) is 0 Å². The number of guanidine groups is 1. The minimum absolute atomic E-state index is 0. The van der Waals surface area contributed by atoms with E-state index in [0.717, 1.165) is 77.7 Å². The topological polar surface area (TPSA) is 58.1 Å². The van der Waals surface area contributed by atoms with E-state index in [0.29, 0.717) is 0 Å². The monoisotopic (exact) mass is 456 g/mol. The first-order chi connectivity index (χ1) is 11.1. The zero-order valence-corrected chi connectivity index (χ0v) is 18.2. The van der Waals surface area contributed by atoms with Crippen molar-refractivity contribution < 1.29 is 9.47 Å². The van der Waals surface area contributed by atoms with E-state index in [-0.39, 0.29) is 29.5 Å². The van der Waals surface area contributed by atoms with Gasteiger partial charge in [-0.3, -0.25) is 4.99 Å². The molecule has 0 aromatic heterocycles. The van der Waals surface area contributed by atoms with Crippen LogP contribution >= 0.6 is 24.0 Å². The SMILES string of the molecule is CCNC(=NCC1(N(C)C)CCOCC1)NCCCCOCC.I. The first-order valence-corrected chi connectivity index (χ1v) is 8.99. The highest BCUT2D eigenvalue weighted by atomic mass is 127. The molecule has 0 aromatic carbocycles. The third-order valence-corrected chi connectivity index (χ3v) is 4.46. The number of hydrogen-bond acceptors (Lipinski definition) is 4. The Bertz CT molecular complexity index is 335. The van der Waals surface area contributed by atoms with Gasteiger partial charge in [0.1, 0.15) is 0 Å². The molecule has 0 unspecified atom stereocenters. The Labute approximate surface area is 165 Å². The molecule has 0 aromatic rings. The molecule has 24 heavy (non-hydrogen) atoms. The van der Waals surface area contributed by atoms with Crippen LogP contribution in [-0.2, 0) is 9.47 Å². The predicted octanol–water partition coefficient (Wildman–Crippen LogP) is 2.09. The van der Waals surface area contributed by atoms with Crippen molar-refractivity contribution in [2.24, 2.45) is 4.99 Å². The van der Waals surface area contributed by atoms with Crippen molar-refractivity contribution in [2.45, 2.75) is 45.1 Å². The number of rotatable bonds is 10. The van der Waals surface area contributed by atoms with Gasteiger partial charge in [-0.15, -0.1) is 24.0 Å². The summed E-state index contributed by atoms with van der Waals surface area (Å²) in [6.07, 6.45) is 4.25. The second-order valence-electron chi connectivity index (χ2n) is 6.26. The summed E-state index contributed by atoms with van der Waals surface area (Å²) < 4.78 is 10.9. The van der Waals surface area contributed by atoms with Crippen LogP contribution in [-0.4, -0.2) is 76.6 Å². The molecule has 1 fully saturated rings. The largest absolute Gasteiger partial charge is 0.382 e. The van der Waals surface area contributed by atoms with Crippen LogP contribution in [0.4, 0.5) is 0 Å². The third kappa shape index (κ3) is 8.82. The fourth-order valence-corrected chi connectivity index (χ4v) is 2.75. The number of halogens is 1. The quantitative estimate of drug-likeness (QED) is 0.228. The Morgan fingerprint density at radius 3 is 2.46 bits per heavy atom. The maximum absolute atomic E-state index is 5.52. The smallest absolute Gasteiger partial charge is 0.191 e. The number of hydrogen-bond donors (Lipinski definition) is 2. The van der Waals surface area contributed by atoms with Crippen molar-refractivity contribution in [3.05, 3.63) is 0 Å². The van der Waals surface area contributed by atoms with Gasteiger partial charge in [0, 0.05) is 45.1 Å². The highest BCUT2D eigenvalue weighted by molar-refractivity contribution is 14.0. The summed E-state index contributed by atoms with van der Waals surface area (Å²) >= 11 is 0. The maximum Gasteiger partial charge on any atom is 0.191 e. The van der Waals surface area contributed by atoms with Gasteiger partial charge in [0.15, 0.2) is 5.96 Å². The molecule has 0 aliphatic carbocycles. The van der Waals surface area contributed by atoms with E-state index in [1.807, 2.05) is 6.92 Å². The number of nitrogens with one attached hydrogen (secondary N) is 2. The third-order valence-electron chi connectivity index (χ3n) is 4.46. The zero-order chi connectivity index (χ0) is 17.0. The van der Waals surface area contributed by atoms with Crippen LogP contribution < -0.4 is 10.6 Å². The van der Waals surface area contributed by atoms with Gasteiger partial charge in [-0.05, 0) is 53.6 Å². The van der Waals surface area contributed by atoms with Gasteiger partial charge in [-0.1, -0.05) is 0 Å². The van der Waals surface area contributed by atoms with Crippen molar-refractivity contribution in [3.63, 3.8) is 0 Å². The second-order valence-corrected chi connectivity index (χ2v) is 6.26. The molecule has 0 radical (unpaired) electrons. The molecule has 1 aliphatic rings. The normalized spacial score (nSPS) is 17.5. The lowest BCUT2D eigenvalue weighted by atomic mass is 9.89. The lowest BCUT2D eigenvalue weighted by molar-refractivity contribution is -0.00254. The second kappa shape index (κ2) is 14.1. The summed E-state index contributed by atoms with van der Waals surface area (Å²) in [6.45, 7) is 10.0. The Hall–Kier alpha value is -0.120. The molecule has 7 heteroatoms. The Balaban J connectivity index is 0.00000529. The summed E-state index contributed by atoms with van der Waals surface area (Å²) in [7, 11) is 4.30. The molecule has 0 bridgehead atoms. The summed E-state index contributed by atoms with van der Waals surface area (Å²) in [5.74, 6) is 0.914. The van der Waals surface area contributed by atoms with Crippen molar-refractivity contribution in [1.29, 1.82) is 0 Å². The molecule has 0 atom stereocenters. The average molecular weight is 456 g/mol. The standard InChI is InChI=1S/C17H36N4O2.HI/c1-5-18-16(19-11-7-8-12-22-6-2)20-15-17(21(3)4)9-13-23-14-10-17;/h5-15H2,1-4H3,(H2,18,19,20);1H. The lowest BCUT2D eigenvalue weighted by Crippen LogP contribution is -2.51. The molecule has 1 aliphatic heterocycles. The number of aliphatic imine (C=N–C) groups is 1. The highest BCUT2D eigenvalue weighted by Gasteiger charge is 2.34. The Morgan fingerprint density at radius 1 is 1.17 bits per heavy atom. The molecule has 1 saturated heterocycles. The van der Waals surface area contributed by atoms with Gasteiger partial charge in [0.25, 0.3) is 0 Å². The summed E-state index contributed by atoms with van der Waals surface area (Å²) in [5.41, 5.74) is 0.121. The summed E-state index contributed by atoms with van der Waals surface area (Å²) in [6, 6.07) is 0. The van der Waals surface area contributed by atoms with Gasteiger partial charge in [-0.2, -0.15) is 0 Å². The van der Waals surface area contributed by atoms with Crippen LogP contribution in [0.1, 0.15) is 39.5 Å². The molecule has 1 heterocycles. The van der Waals surface area contributed by atoms with E-state index in [9.17, 15) is 0 Å². The molecule has 0 amide bonds. The van der Waals surface area contributed by atoms with Crippen molar-refractivity contribution >= 4 is 29.9 Å². The van der Waals surface area contributed by atoms with Crippen molar-refractivity contribution in [1.82, 2.24) is 15.5 Å². The van der Waals surface area contributed by atoms with Gasteiger partial charge in [-0.25, -0.2) is 0 Å². The van der Waals surface area contributed by atoms with Crippen LogP contribution in [0.5, 0.6) is 0 Å². The molecular weight excluding hydrogens is 419 g/mol. The van der Waals surface area contributed by atoms with Crippen molar-refractivity contribution in [2.75, 3.05) is 60.2 Å². The van der Waals surface area contributed by atoms with Crippen LogP contribution in [0.25, 0.3) is 0 Å². The molecule has 144 valence electrons. The van der Waals surface area contributed by atoms with Crippen LogP contribution in [0, 0.1) is 0 Å². The summed E-state index contributed by atoms with van der Waals surface area (Å²) in [4.78, 5) is 7.14. The van der Waals surface area contributed by atoms with Gasteiger partial charge in [0.05, 0.1) is 6.54 Å². The zero-order valence-electron chi connectivity index (χ0n) is 15.9. The highest BCUT2D eigenvalue weighted by Crippen LogP contribution is 2.26. The van der Waals surface area contributed by atoms with Crippen LogP contribution in [0.2, 0.25) is 0 Å². The van der Waals surface area contributed by atoms with Gasteiger partial charge >= 0.3 is 0 Å². The number of unbranched alkanes of at least 4 members (excludes halogenated alkanes) is 1. The molecule has 2 N–H and O–H groups in total. The van der Waals surface area contributed by atoms with Gasteiger partial charge < -0.3 is 25.0 Å². The molecule has 1 rings (SSSR count). The molecular formula is C17H37IN4O2. The van der Waals surface area contributed by atoms with E-state index in [4.69, 9.17) is 14.5 Å². The summed E-state index contributed by atoms with van der Waals surface area (Å²) in [5, 5.41) is 6.77. The number of ether oxygens (including phenoxy) is 2. The van der Waals surface area contributed by atoms with Crippen molar-refractivity contribution in [3.8, 4) is 0 Å². The van der Waals surface area contributed by atoms with E-state index < -0.39 is 0 Å². The van der Waals surface area contributed by atoms with E-state index in [1.165, 1.54) is 0 Å². The van der Waals surface area contributed by atoms with Crippen LogP contribution in [0.3, 0.4) is 0 Å². The first kappa shape index (κ1) is 23.9. The lowest BCUT2D eigenvalue weighted by Gasteiger charge is -2.41. The van der Waals surface area contributed by atoms with E-state index in [1.54, 1.807) is 0 Å².